The second kappa shape index (κ2) is 8.89. The third-order valence-corrected chi connectivity index (χ3v) is 6.42. The molecule has 0 fully saturated rings. The molecule has 0 aromatic heterocycles. The molecule has 33 heavy (non-hydrogen) atoms. The molecule has 0 bridgehead atoms. The van der Waals surface area contributed by atoms with Crippen LogP contribution in [-0.4, -0.2) is 25.8 Å². The summed E-state index contributed by atoms with van der Waals surface area (Å²) in [5.41, 5.74) is 5.68. The van der Waals surface area contributed by atoms with E-state index in [1.54, 1.807) is 0 Å². The predicted octanol–water partition coefficient (Wildman–Crippen LogP) is 5.10. The lowest BCUT2D eigenvalue weighted by Gasteiger charge is -2.39. The molecule has 172 valence electrons. The number of benzene rings is 2. The SMILES string of the molecule is CC1=C(C(=O)OCc2ccccc2)C(c2ccc(N(C)C)cc2)C2=C(CC(C)(C)CC2=O)N1. The van der Waals surface area contributed by atoms with Crippen LogP contribution >= 0.6 is 0 Å². The zero-order valence-electron chi connectivity index (χ0n) is 20.1. The van der Waals surface area contributed by atoms with Crippen LogP contribution in [0.3, 0.4) is 0 Å². The largest absolute Gasteiger partial charge is 0.457 e. The minimum absolute atomic E-state index is 0.0938. The lowest BCUT2D eigenvalue weighted by Crippen LogP contribution is -2.38. The van der Waals surface area contributed by atoms with Crippen molar-refractivity contribution in [3.8, 4) is 0 Å². The zero-order chi connectivity index (χ0) is 23.8. The topological polar surface area (TPSA) is 58.6 Å². The highest BCUT2D eigenvalue weighted by Crippen LogP contribution is 2.47. The van der Waals surface area contributed by atoms with Crippen molar-refractivity contribution in [2.24, 2.45) is 5.41 Å². The van der Waals surface area contributed by atoms with Crippen molar-refractivity contribution in [3.63, 3.8) is 0 Å². The number of allylic oxidation sites excluding steroid dienone is 3. The molecule has 0 spiro atoms. The number of dihydropyridines is 1. The molecule has 2 aromatic rings. The van der Waals surface area contributed by atoms with Crippen LogP contribution in [0.1, 0.15) is 50.7 Å². The second-order valence-corrected chi connectivity index (χ2v) is 9.98. The Hall–Kier alpha value is -3.34. The normalized spacial score (nSPS) is 19.7. The van der Waals surface area contributed by atoms with Crippen LogP contribution < -0.4 is 10.2 Å². The first kappa shape index (κ1) is 22.8. The molecule has 5 heteroatoms. The van der Waals surface area contributed by atoms with Gasteiger partial charge in [0.15, 0.2) is 5.78 Å². The van der Waals surface area contributed by atoms with Gasteiger partial charge >= 0.3 is 5.97 Å². The lowest BCUT2D eigenvalue weighted by atomic mass is 9.68. The number of Topliss-reactive ketones (excluding diaryl/α,β-unsaturated/α-hetero) is 1. The molecule has 0 saturated carbocycles. The maximum absolute atomic E-state index is 13.4. The van der Waals surface area contributed by atoms with Gasteiger partial charge in [-0.25, -0.2) is 4.79 Å². The van der Waals surface area contributed by atoms with Gasteiger partial charge in [-0.15, -0.1) is 0 Å². The molecule has 1 aliphatic carbocycles. The van der Waals surface area contributed by atoms with E-state index in [2.05, 4.69) is 19.2 Å². The van der Waals surface area contributed by atoms with Gasteiger partial charge < -0.3 is 15.0 Å². The van der Waals surface area contributed by atoms with Crippen molar-refractivity contribution in [3.05, 3.63) is 88.3 Å². The fourth-order valence-corrected chi connectivity index (χ4v) is 4.81. The molecule has 1 N–H and O–H groups in total. The number of anilines is 1. The number of rotatable bonds is 5. The number of carbonyl (C=O) groups excluding carboxylic acids is 2. The zero-order valence-corrected chi connectivity index (χ0v) is 20.1. The van der Waals surface area contributed by atoms with E-state index in [-0.39, 0.29) is 17.8 Å². The number of carbonyl (C=O) groups is 2. The highest BCUT2D eigenvalue weighted by molar-refractivity contribution is 6.04. The van der Waals surface area contributed by atoms with Crippen LogP contribution in [0.4, 0.5) is 5.69 Å². The number of hydrogen-bond acceptors (Lipinski definition) is 5. The summed E-state index contributed by atoms with van der Waals surface area (Å²) >= 11 is 0. The standard InChI is InChI=1S/C28H32N2O3/c1-18-24(27(32)33-17-19-9-7-6-8-10-19)25(20-11-13-21(14-12-20)30(4)5)26-22(29-18)15-28(2,3)16-23(26)31/h6-14,25,29H,15-17H2,1-5H3. The molecule has 1 atom stereocenters. The van der Waals surface area contributed by atoms with E-state index in [1.807, 2.05) is 80.5 Å². The van der Waals surface area contributed by atoms with E-state index in [4.69, 9.17) is 4.74 Å². The van der Waals surface area contributed by atoms with Gasteiger partial charge in [0, 0.05) is 49.1 Å². The van der Waals surface area contributed by atoms with Crippen LogP contribution in [0, 0.1) is 5.41 Å². The van der Waals surface area contributed by atoms with Crippen molar-refractivity contribution >= 4 is 17.4 Å². The molecule has 0 radical (unpaired) electrons. The van der Waals surface area contributed by atoms with Gasteiger partial charge in [-0.1, -0.05) is 56.3 Å². The highest BCUT2D eigenvalue weighted by atomic mass is 16.5. The third-order valence-electron chi connectivity index (χ3n) is 6.42. The Bertz CT molecular complexity index is 1130. The number of nitrogens with one attached hydrogen (secondary N) is 1. The Morgan fingerprint density at radius 1 is 1.06 bits per heavy atom. The Labute approximate surface area is 196 Å². The molecule has 1 heterocycles. The first-order chi connectivity index (χ1) is 15.7. The number of hydrogen-bond donors (Lipinski definition) is 1. The minimum Gasteiger partial charge on any atom is -0.457 e. The van der Waals surface area contributed by atoms with Gasteiger partial charge in [0.05, 0.1) is 5.57 Å². The van der Waals surface area contributed by atoms with Crippen LogP contribution in [0.2, 0.25) is 0 Å². The van der Waals surface area contributed by atoms with E-state index in [0.29, 0.717) is 17.6 Å². The Kier molecular flexibility index (Phi) is 6.15. The summed E-state index contributed by atoms with van der Waals surface area (Å²) in [6.07, 6.45) is 1.23. The van der Waals surface area contributed by atoms with Crippen molar-refractivity contribution in [2.75, 3.05) is 19.0 Å². The van der Waals surface area contributed by atoms with E-state index in [9.17, 15) is 9.59 Å². The second-order valence-electron chi connectivity index (χ2n) is 9.98. The maximum Gasteiger partial charge on any atom is 0.337 e. The summed E-state index contributed by atoms with van der Waals surface area (Å²) in [5, 5.41) is 3.39. The van der Waals surface area contributed by atoms with Gasteiger partial charge in [-0.2, -0.15) is 0 Å². The summed E-state index contributed by atoms with van der Waals surface area (Å²) in [4.78, 5) is 28.8. The van der Waals surface area contributed by atoms with E-state index < -0.39 is 11.9 Å². The van der Waals surface area contributed by atoms with E-state index >= 15 is 0 Å². The highest BCUT2D eigenvalue weighted by Gasteiger charge is 2.43. The monoisotopic (exact) mass is 444 g/mol. The maximum atomic E-state index is 13.4. The van der Waals surface area contributed by atoms with Gasteiger partial charge in [-0.05, 0) is 42.0 Å². The fourth-order valence-electron chi connectivity index (χ4n) is 4.81. The first-order valence-corrected chi connectivity index (χ1v) is 11.4. The summed E-state index contributed by atoms with van der Waals surface area (Å²) in [6, 6.07) is 17.7. The van der Waals surface area contributed by atoms with E-state index in [0.717, 1.165) is 34.6 Å². The molecule has 2 aromatic carbocycles. The quantitative estimate of drug-likeness (QED) is 0.650. The average molecular weight is 445 g/mol. The number of esters is 1. The van der Waals surface area contributed by atoms with Crippen molar-refractivity contribution in [2.45, 2.75) is 46.1 Å². The lowest BCUT2D eigenvalue weighted by molar-refractivity contribution is -0.140. The molecular formula is C28H32N2O3. The predicted molar refractivity (Wildman–Crippen MR) is 131 cm³/mol. The average Bonchev–Trinajstić information content (AvgIpc) is 2.76. The van der Waals surface area contributed by atoms with E-state index in [1.165, 1.54) is 0 Å². The fraction of sp³-hybridized carbons (Fsp3) is 0.357. The molecule has 5 nitrogen and oxygen atoms in total. The van der Waals surface area contributed by atoms with Crippen molar-refractivity contribution in [1.82, 2.24) is 5.32 Å². The Morgan fingerprint density at radius 3 is 2.36 bits per heavy atom. The number of ether oxygens (including phenoxy) is 1. The molecule has 2 aliphatic rings. The Balaban J connectivity index is 1.74. The number of nitrogens with zero attached hydrogens (tertiary/aromatic N) is 1. The molecule has 4 rings (SSSR count). The van der Waals surface area contributed by atoms with Gasteiger partial charge in [0.2, 0.25) is 0 Å². The molecule has 1 unspecified atom stereocenters. The minimum atomic E-state index is -0.440. The third kappa shape index (κ3) is 4.72. The van der Waals surface area contributed by atoms with Crippen LogP contribution in [-0.2, 0) is 20.9 Å². The van der Waals surface area contributed by atoms with Crippen LogP contribution in [0.15, 0.2) is 77.1 Å². The van der Waals surface area contributed by atoms with Gasteiger partial charge in [0.1, 0.15) is 6.61 Å². The van der Waals surface area contributed by atoms with Crippen molar-refractivity contribution < 1.29 is 14.3 Å². The van der Waals surface area contributed by atoms with Crippen molar-refractivity contribution in [1.29, 1.82) is 0 Å². The summed E-state index contributed by atoms with van der Waals surface area (Å²) < 4.78 is 5.73. The first-order valence-electron chi connectivity index (χ1n) is 11.4. The smallest absolute Gasteiger partial charge is 0.337 e. The Morgan fingerprint density at radius 2 is 1.73 bits per heavy atom. The summed E-state index contributed by atoms with van der Waals surface area (Å²) in [7, 11) is 3.98. The summed E-state index contributed by atoms with van der Waals surface area (Å²) in [6.45, 7) is 6.31. The molecule has 0 saturated heterocycles. The van der Waals surface area contributed by atoms with Crippen LogP contribution in [0.5, 0.6) is 0 Å². The van der Waals surface area contributed by atoms with Gasteiger partial charge in [-0.3, -0.25) is 4.79 Å². The van der Waals surface area contributed by atoms with Gasteiger partial charge in [0.25, 0.3) is 0 Å². The molecule has 0 amide bonds. The van der Waals surface area contributed by atoms with Crippen LogP contribution in [0.25, 0.3) is 0 Å². The number of ketones is 1. The molecular weight excluding hydrogens is 412 g/mol. The molecule has 1 aliphatic heterocycles. The summed E-state index contributed by atoms with van der Waals surface area (Å²) in [5.74, 6) is -0.740.